The molecule has 3 fully saturated rings. The van der Waals surface area contributed by atoms with Crippen LogP contribution in [0.2, 0.25) is 0 Å². The van der Waals surface area contributed by atoms with Gasteiger partial charge in [0.25, 0.3) is 11.8 Å². The van der Waals surface area contributed by atoms with Gasteiger partial charge in [0.15, 0.2) is 0 Å². The van der Waals surface area contributed by atoms with Crippen molar-refractivity contribution in [1.29, 1.82) is 0 Å². The third-order valence-corrected chi connectivity index (χ3v) is 10.9. The molecule has 0 radical (unpaired) electrons. The number of anilines is 1. The normalized spacial score (nSPS) is 20.7. The van der Waals surface area contributed by atoms with Gasteiger partial charge in [-0.25, -0.2) is 4.39 Å². The molecule has 0 bridgehead atoms. The summed E-state index contributed by atoms with van der Waals surface area (Å²) < 4.78 is 17.2. The van der Waals surface area contributed by atoms with Gasteiger partial charge in [0.2, 0.25) is 11.3 Å². The number of carbonyl (C=O) groups excluding carboxylic acids is 4. The molecule has 2 atom stereocenters. The van der Waals surface area contributed by atoms with Crippen molar-refractivity contribution in [1.82, 2.24) is 25.4 Å². The SMILES string of the molecule is O=C(Cc1cccs1)N[C@H]1C(=O)N2C(C(=O)[O-])=C(CNC(=O)c3cn(C4CC4)c4cc(N5CCNCC5)c(F)cc4c3=O)CS[C@H]12.[Na+]. The Morgan fingerprint density at radius 2 is 1.89 bits per heavy atom. The minimum absolute atomic E-state index is 0. The molecule has 12 nitrogen and oxygen atoms in total. The summed E-state index contributed by atoms with van der Waals surface area (Å²) in [5, 5.41) is 22.1. The van der Waals surface area contributed by atoms with E-state index in [0.29, 0.717) is 24.3 Å². The van der Waals surface area contributed by atoms with Crippen molar-refractivity contribution in [2.45, 2.75) is 36.7 Å². The number of thiophene rings is 1. The van der Waals surface area contributed by atoms with E-state index in [-0.39, 0.29) is 82.4 Å². The van der Waals surface area contributed by atoms with Crippen LogP contribution in [0.1, 0.15) is 34.1 Å². The molecule has 4 aliphatic rings. The quantitative estimate of drug-likeness (QED) is 0.161. The fourth-order valence-corrected chi connectivity index (χ4v) is 8.26. The first-order chi connectivity index (χ1) is 22.2. The Hall–Kier alpha value is -3.21. The molecule has 3 amide bonds. The van der Waals surface area contributed by atoms with E-state index in [2.05, 4.69) is 16.0 Å². The van der Waals surface area contributed by atoms with E-state index >= 15 is 4.39 Å². The predicted molar refractivity (Wildman–Crippen MR) is 169 cm³/mol. The number of piperazine rings is 1. The standard InChI is InChI=1S/C31H31FN6O6S2.Na/c32-21-11-19-22(12-23(21)36-7-5-33-6-8-36)37(17-3-4-17)14-20(27(19)40)28(41)34-13-16-15-46-30-25(29(42)38(30)26(16)31(43)44)35-24(39)10-18-2-1-9-45-18;/h1-2,9,11-12,14,17,25,30,33H,3-8,10,13,15H2,(H,34,41)(H,35,39)(H,43,44);/q;+1/p-1/t25-,30+;/m0./s1. The van der Waals surface area contributed by atoms with E-state index in [1.165, 1.54) is 35.4 Å². The smallest absolute Gasteiger partial charge is 0.543 e. The summed E-state index contributed by atoms with van der Waals surface area (Å²) in [6, 6.07) is 5.72. The summed E-state index contributed by atoms with van der Waals surface area (Å²) in [6.07, 6.45) is 3.33. The fourth-order valence-electron chi connectivity index (χ4n) is 6.21. The third kappa shape index (κ3) is 6.48. The van der Waals surface area contributed by atoms with Crippen LogP contribution < -0.4 is 60.9 Å². The van der Waals surface area contributed by atoms with Crippen molar-refractivity contribution in [3.05, 3.63) is 73.6 Å². The van der Waals surface area contributed by atoms with Crippen LogP contribution in [0.5, 0.6) is 0 Å². The molecule has 47 heavy (non-hydrogen) atoms. The number of carboxylic acids is 1. The molecule has 2 aromatic heterocycles. The van der Waals surface area contributed by atoms with Crippen molar-refractivity contribution < 1.29 is 58.2 Å². The van der Waals surface area contributed by atoms with E-state index in [9.17, 15) is 29.1 Å². The maximum atomic E-state index is 15.3. The average molecular weight is 689 g/mol. The van der Waals surface area contributed by atoms with Crippen LogP contribution in [0.4, 0.5) is 10.1 Å². The van der Waals surface area contributed by atoms with E-state index in [1.54, 1.807) is 6.07 Å². The number of benzene rings is 1. The fraction of sp³-hybridized carbons (Fsp3) is 0.387. The number of carbonyl (C=O) groups is 4. The third-order valence-electron chi connectivity index (χ3n) is 8.68. The van der Waals surface area contributed by atoms with Gasteiger partial charge in [-0.05, 0) is 42.0 Å². The molecule has 3 N–H and O–H groups in total. The molecule has 7 rings (SSSR count). The molecule has 1 saturated carbocycles. The molecule has 3 aromatic rings. The summed E-state index contributed by atoms with van der Waals surface area (Å²) in [6.45, 7) is 2.46. The number of amides is 3. The Kier molecular flexibility index (Phi) is 9.84. The van der Waals surface area contributed by atoms with Gasteiger partial charge in [-0.3, -0.25) is 24.1 Å². The Morgan fingerprint density at radius 3 is 2.57 bits per heavy atom. The Labute approximate surface area is 299 Å². The van der Waals surface area contributed by atoms with Crippen molar-refractivity contribution in [3.8, 4) is 0 Å². The Bertz CT molecular complexity index is 1860. The van der Waals surface area contributed by atoms with Crippen LogP contribution in [0.25, 0.3) is 10.9 Å². The number of carboxylic acid groups (broad SMARTS) is 1. The van der Waals surface area contributed by atoms with E-state index in [0.717, 1.165) is 35.7 Å². The van der Waals surface area contributed by atoms with Crippen molar-refractivity contribution in [2.24, 2.45) is 0 Å². The number of rotatable bonds is 9. The van der Waals surface area contributed by atoms with Crippen LogP contribution in [0, 0.1) is 5.82 Å². The number of nitrogens with zero attached hydrogens (tertiary/aromatic N) is 3. The first kappa shape index (κ1) is 33.7. The number of hydrogen-bond donors (Lipinski definition) is 3. The van der Waals surface area contributed by atoms with Crippen molar-refractivity contribution in [3.63, 3.8) is 0 Å². The maximum absolute atomic E-state index is 15.3. The summed E-state index contributed by atoms with van der Waals surface area (Å²) >= 11 is 2.68. The number of halogens is 1. The molecular weight excluding hydrogens is 658 g/mol. The van der Waals surface area contributed by atoms with Crippen molar-refractivity contribution >= 4 is 63.4 Å². The van der Waals surface area contributed by atoms with Crippen LogP contribution >= 0.6 is 23.1 Å². The zero-order chi connectivity index (χ0) is 32.1. The number of thioether (sulfide) groups is 1. The van der Waals surface area contributed by atoms with Gasteiger partial charge >= 0.3 is 29.6 Å². The zero-order valence-corrected chi connectivity index (χ0v) is 29.2. The monoisotopic (exact) mass is 688 g/mol. The topological polar surface area (TPSA) is 156 Å². The van der Waals surface area contributed by atoms with Gasteiger partial charge in [-0.2, -0.15) is 0 Å². The van der Waals surface area contributed by atoms with Crippen LogP contribution in [0.3, 0.4) is 0 Å². The average Bonchev–Trinajstić information content (AvgIpc) is 3.77. The summed E-state index contributed by atoms with van der Waals surface area (Å²) in [5.74, 6) is -3.62. The Balaban J connectivity index is 0.00000386. The largest absolute Gasteiger partial charge is 1.00 e. The van der Waals surface area contributed by atoms with Crippen LogP contribution in [0.15, 0.2) is 51.9 Å². The van der Waals surface area contributed by atoms with Gasteiger partial charge < -0.3 is 35.3 Å². The number of fused-ring (bicyclic) bond motifs is 2. The number of β-lactam (4-membered cyclic amide) rings is 1. The second-order valence-electron chi connectivity index (χ2n) is 11.7. The summed E-state index contributed by atoms with van der Waals surface area (Å²) in [4.78, 5) is 68.4. The minimum Gasteiger partial charge on any atom is -0.543 e. The molecule has 2 saturated heterocycles. The van der Waals surface area contributed by atoms with Gasteiger partial charge in [-0.15, -0.1) is 23.1 Å². The number of pyridine rings is 1. The maximum Gasteiger partial charge on any atom is 1.00 e. The first-order valence-electron chi connectivity index (χ1n) is 15.0. The number of aliphatic carboxylic acids is 1. The van der Waals surface area contributed by atoms with Gasteiger partial charge in [-0.1, -0.05) is 6.07 Å². The van der Waals surface area contributed by atoms with Crippen LogP contribution in [-0.4, -0.2) is 83.1 Å². The molecule has 1 aromatic carbocycles. The van der Waals surface area contributed by atoms with Gasteiger partial charge in [0.1, 0.15) is 22.8 Å². The molecular formula is C31H30FN6NaO6S2. The molecule has 3 aliphatic heterocycles. The predicted octanol–water partition coefficient (Wildman–Crippen LogP) is -2.67. The molecule has 5 heterocycles. The number of aromatic nitrogens is 1. The van der Waals surface area contributed by atoms with Gasteiger partial charge in [0.05, 0.1) is 29.3 Å². The summed E-state index contributed by atoms with van der Waals surface area (Å²) in [7, 11) is 0. The van der Waals surface area contributed by atoms with Crippen molar-refractivity contribution in [2.75, 3.05) is 43.4 Å². The molecule has 0 spiro atoms. The molecule has 1 aliphatic carbocycles. The van der Waals surface area contributed by atoms with E-state index < -0.39 is 40.4 Å². The molecule has 240 valence electrons. The summed E-state index contributed by atoms with van der Waals surface area (Å²) in [5.41, 5.74) is 0.0554. The Morgan fingerprint density at radius 1 is 1.13 bits per heavy atom. The molecule has 0 unspecified atom stereocenters. The first-order valence-corrected chi connectivity index (χ1v) is 17.0. The van der Waals surface area contributed by atoms with Gasteiger partial charge in [0, 0.05) is 61.0 Å². The second-order valence-corrected chi connectivity index (χ2v) is 13.8. The zero-order valence-electron chi connectivity index (χ0n) is 25.5. The second kappa shape index (κ2) is 13.7. The number of nitrogens with one attached hydrogen (secondary N) is 3. The van der Waals surface area contributed by atoms with E-state index in [4.69, 9.17) is 0 Å². The van der Waals surface area contributed by atoms with Crippen LogP contribution in [-0.2, 0) is 20.8 Å². The minimum atomic E-state index is -1.58. The number of hydrogen-bond acceptors (Lipinski definition) is 10. The molecule has 16 heteroatoms. The van der Waals surface area contributed by atoms with E-state index in [1.807, 2.05) is 27.0 Å².